The number of rotatable bonds is 5. The highest BCUT2D eigenvalue weighted by molar-refractivity contribution is 6.04. The summed E-state index contributed by atoms with van der Waals surface area (Å²) in [5, 5.41) is 2.19. The van der Waals surface area contributed by atoms with Gasteiger partial charge in [0.25, 0.3) is 5.91 Å². The van der Waals surface area contributed by atoms with Crippen LogP contribution in [0.15, 0.2) is 30.5 Å². The largest absolute Gasteiger partial charge is 0.489 e. The molecule has 3 amide bonds. The van der Waals surface area contributed by atoms with E-state index in [1.807, 2.05) is 20.8 Å². The summed E-state index contributed by atoms with van der Waals surface area (Å²) in [5.41, 5.74) is 0.708. The molecule has 1 aromatic rings. The lowest BCUT2D eigenvalue weighted by Crippen LogP contribution is -2.52. The molecular weight excluding hydrogens is 348 g/mol. The van der Waals surface area contributed by atoms with Crippen LogP contribution in [0, 0.1) is 0 Å². The molecule has 3 rings (SSSR count). The van der Waals surface area contributed by atoms with Gasteiger partial charge >= 0.3 is 0 Å². The standard InChI is InChI=1S/C20H24N2O5/c1-13(27-20(2,3)4)12-26-16-8-5-7-14-15(16)11-21(19(14)25)22-17(23)9-6-10-18(22)24/h5,7-8H,1,6,9-12H2,2-4H3. The molecule has 1 aromatic carbocycles. The molecule has 27 heavy (non-hydrogen) atoms. The van der Waals surface area contributed by atoms with Crippen LogP contribution in [0.2, 0.25) is 0 Å². The predicted octanol–water partition coefficient (Wildman–Crippen LogP) is 2.80. The van der Waals surface area contributed by atoms with E-state index in [-0.39, 0.29) is 49.3 Å². The number of nitrogens with zero attached hydrogens (tertiary/aromatic N) is 2. The molecule has 0 aliphatic carbocycles. The summed E-state index contributed by atoms with van der Waals surface area (Å²) in [6, 6.07) is 5.13. The molecule has 7 nitrogen and oxygen atoms in total. The van der Waals surface area contributed by atoms with Gasteiger partial charge in [0.15, 0.2) is 0 Å². The van der Waals surface area contributed by atoms with Gasteiger partial charge in [-0.3, -0.25) is 14.4 Å². The summed E-state index contributed by atoms with van der Waals surface area (Å²) in [4.78, 5) is 37.1. The fourth-order valence-corrected chi connectivity index (χ4v) is 3.22. The molecule has 0 spiro atoms. The Bertz CT molecular complexity index is 793. The smallest absolute Gasteiger partial charge is 0.273 e. The van der Waals surface area contributed by atoms with Crippen molar-refractivity contribution in [1.29, 1.82) is 0 Å². The van der Waals surface area contributed by atoms with Crippen LogP contribution >= 0.6 is 0 Å². The zero-order valence-electron chi connectivity index (χ0n) is 15.9. The molecule has 144 valence electrons. The van der Waals surface area contributed by atoms with E-state index in [1.54, 1.807) is 18.2 Å². The average Bonchev–Trinajstić information content (AvgIpc) is 2.89. The Kier molecular flexibility index (Phi) is 4.95. The van der Waals surface area contributed by atoms with E-state index < -0.39 is 0 Å². The lowest BCUT2D eigenvalue weighted by atomic mass is 10.1. The third kappa shape index (κ3) is 3.97. The van der Waals surface area contributed by atoms with Crippen molar-refractivity contribution < 1.29 is 23.9 Å². The van der Waals surface area contributed by atoms with Gasteiger partial charge < -0.3 is 9.47 Å². The number of carbonyl (C=O) groups is 3. The van der Waals surface area contributed by atoms with Crippen molar-refractivity contribution in [3.63, 3.8) is 0 Å². The third-order valence-electron chi connectivity index (χ3n) is 4.24. The van der Waals surface area contributed by atoms with Gasteiger partial charge in [-0.15, -0.1) is 0 Å². The summed E-state index contributed by atoms with van der Waals surface area (Å²) in [5.74, 6) is -0.0749. The normalized spacial score (nSPS) is 17.2. The summed E-state index contributed by atoms with van der Waals surface area (Å²) >= 11 is 0. The van der Waals surface area contributed by atoms with Crippen molar-refractivity contribution in [2.75, 3.05) is 6.61 Å². The van der Waals surface area contributed by atoms with Crippen LogP contribution in [0.1, 0.15) is 56.0 Å². The van der Waals surface area contributed by atoms with Gasteiger partial charge in [-0.05, 0) is 39.3 Å². The van der Waals surface area contributed by atoms with Crippen LogP contribution in [0.25, 0.3) is 0 Å². The quantitative estimate of drug-likeness (QED) is 0.587. The fraction of sp³-hybridized carbons (Fsp3) is 0.450. The zero-order chi connectivity index (χ0) is 19.8. The number of imide groups is 1. The zero-order valence-corrected chi connectivity index (χ0v) is 15.9. The monoisotopic (exact) mass is 372 g/mol. The van der Waals surface area contributed by atoms with E-state index in [4.69, 9.17) is 9.47 Å². The first-order valence-electron chi connectivity index (χ1n) is 8.96. The highest BCUT2D eigenvalue weighted by Crippen LogP contribution is 2.33. The van der Waals surface area contributed by atoms with Gasteiger partial charge in [-0.2, -0.15) is 5.01 Å². The summed E-state index contributed by atoms with van der Waals surface area (Å²) < 4.78 is 11.5. The van der Waals surface area contributed by atoms with Crippen molar-refractivity contribution in [2.45, 2.75) is 52.2 Å². The van der Waals surface area contributed by atoms with E-state index in [9.17, 15) is 14.4 Å². The maximum atomic E-state index is 12.7. The molecule has 0 saturated carbocycles. The van der Waals surface area contributed by atoms with E-state index in [0.717, 1.165) is 5.01 Å². The molecule has 2 aliphatic rings. The first-order valence-corrected chi connectivity index (χ1v) is 8.96. The van der Waals surface area contributed by atoms with Crippen molar-refractivity contribution in [2.24, 2.45) is 0 Å². The second kappa shape index (κ2) is 7.06. The predicted molar refractivity (Wildman–Crippen MR) is 97.5 cm³/mol. The molecule has 2 heterocycles. The number of hydrazine groups is 1. The second-order valence-electron chi connectivity index (χ2n) is 7.64. The lowest BCUT2D eigenvalue weighted by Gasteiger charge is -2.32. The lowest BCUT2D eigenvalue weighted by molar-refractivity contribution is -0.163. The number of piperidine rings is 1. The Balaban J connectivity index is 1.77. The van der Waals surface area contributed by atoms with Crippen LogP contribution in [0.3, 0.4) is 0 Å². The number of benzene rings is 1. The Hall–Kier alpha value is -2.83. The Morgan fingerprint density at radius 1 is 1.15 bits per heavy atom. The topological polar surface area (TPSA) is 76.2 Å². The van der Waals surface area contributed by atoms with Crippen LogP contribution in [0.5, 0.6) is 5.75 Å². The number of hydrogen-bond acceptors (Lipinski definition) is 5. The van der Waals surface area contributed by atoms with Crippen molar-refractivity contribution in [1.82, 2.24) is 10.0 Å². The van der Waals surface area contributed by atoms with Gasteiger partial charge in [0.05, 0.1) is 12.1 Å². The van der Waals surface area contributed by atoms with Crippen molar-refractivity contribution in [3.05, 3.63) is 41.7 Å². The summed E-state index contributed by atoms with van der Waals surface area (Å²) in [7, 11) is 0. The Morgan fingerprint density at radius 3 is 2.44 bits per heavy atom. The molecule has 7 heteroatoms. The number of fused-ring (bicyclic) bond motifs is 1. The van der Waals surface area contributed by atoms with Crippen LogP contribution < -0.4 is 4.74 Å². The van der Waals surface area contributed by atoms with Gasteiger partial charge in [0.2, 0.25) is 11.8 Å². The molecule has 0 aromatic heterocycles. The first kappa shape index (κ1) is 18.9. The summed E-state index contributed by atoms with van der Waals surface area (Å²) in [6.07, 6.45) is 1.05. The SMILES string of the molecule is C=C(COc1cccc2c1CN(N1C(=O)CCCC1=O)C2=O)OC(C)(C)C. The van der Waals surface area contributed by atoms with E-state index in [1.165, 1.54) is 5.01 Å². The molecular formula is C20H24N2O5. The molecule has 1 saturated heterocycles. The van der Waals surface area contributed by atoms with Crippen LogP contribution in [0.4, 0.5) is 0 Å². The highest BCUT2D eigenvalue weighted by Gasteiger charge is 2.40. The molecule has 0 unspecified atom stereocenters. The Morgan fingerprint density at radius 2 is 1.81 bits per heavy atom. The first-order chi connectivity index (χ1) is 12.7. The van der Waals surface area contributed by atoms with Gasteiger partial charge in [-0.25, -0.2) is 5.01 Å². The second-order valence-corrected chi connectivity index (χ2v) is 7.64. The molecule has 0 bridgehead atoms. The molecule has 1 fully saturated rings. The van der Waals surface area contributed by atoms with Gasteiger partial charge in [0.1, 0.15) is 23.7 Å². The number of carbonyl (C=O) groups excluding carboxylic acids is 3. The Labute approximate surface area is 158 Å². The minimum atomic E-state index is -0.374. The van der Waals surface area contributed by atoms with Gasteiger partial charge in [0, 0.05) is 18.4 Å². The van der Waals surface area contributed by atoms with E-state index in [2.05, 4.69) is 6.58 Å². The average molecular weight is 372 g/mol. The molecule has 2 aliphatic heterocycles. The van der Waals surface area contributed by atoms with E-state index in [0.29, 0.717) is 29.1 Å². The minimum Gasteiger partial charge on any atom is -0.489 e. The molecule has 0 atom stereocenters. The highest BCUT2D eigenvalue weighted by atomic mass is 16.5. The van der Waals surface area contributed by atoms with Crippen LogP contribution in [-0.2, 0) is 20.9 Å². The maximum Gasteiger partial charge on any atom is 0.273 e. The molecule has 0 radical (unpaired) electrons. The minimum absolute atomic E-state index is 0.119. The fourth-order valence-electron chi connectivity index (χ4n) is 3.22. The molecule has 0 N–H and O–H groups in total. The van der Waals surface area contributed by atoms with Crippen LogP contribution in [-0.4, -0.2) is 39.9 Å². The maximum absolute atomic E-state index is 12.7. The van der Waals surface area contributed by atoms with E-state index >= 15 is 0 Å². The number of ether oxygens (including phenoxy) is 2. The third-order valence-corrected chi connectivity index (χ3v) is 4.24. The van der Waals surface area contributed by atoms with Crippen molar-refractivity contribution >= 4 is 17.7 Å². The summed E-state index contributed by atoms with van der Waals surface area (Å²) in [6.45, 7) is 9.87. The van der Waals surface area contributed by atoms with Crippen molar-refractivity contribution in [3.8, 4) is 5.75 Å². The number of amides is 3. The van der Waals surface area contributed by atoms with Gasteiger partial charge in [-0.1, -0.05) is 12.6 Å². The number of hydrogen-bond donors (Lipinski definition) is 0.